The van der Waals surface area contributed by atoms with Crippen LogP contribution in [0.25, 0.3) is 0 Å². The largest absolute Gasteiger partial charge is 0.492 e. The number of hydrogen-bond acceptors (Lipinski definition) is 3. The van der Waals surface area contributed by atoms with Gasteiger partial charge in [0.25, 0.3) is 0 Å². The first-order valence-electron chi connectivity index (χ1n) is 6.57. The lowest BCUT2D eigenvalue weighted by molar-refractivity contribution is 0.342. The van der Waals surface area contributed by atoms with Crippen molar-refractivity contribution in [3.63, 3.8) is 0 Å². The summed E-state index contributed by atoms with van der Waals surface area (Å²) in [6.07, 6.45) is 0. The Bertz CT molecular complexity index is 763. The number of ether oxygens (including phenoxy) is 1. The van der Waals surface area contributed by atoms with Gasteiger partial charge in [0.1, 0.15) is 5.75 Å². The van der Waals surface area contributed by atoms with Crippen LogP contribution in [0.3, 0.4) is 0 Å². The van der Waals surface area contributed by atoms with Crippen LogP contribution < -0.4 is 9.46 Å². The Hall–Kier alpha value is -1.43. The van der Waals surface area contributed by atoms with Crippen molar-refractivity contribution >= 4 is 38.9 Å². The zero-order valence-electron chi connectivity index (χ0n) is 11.8. The summed E-state index contributed by atoms with van der Waals surface area (Å²) < 4.78 is 32.5. The highest BCUT2D eigenvalue weighted by Crippen LogP contribution is 2.27. The minimum atomic E-state index is -3.59. The maximum absolute atomic E-state index is 12.3. The molecule has 0 fully saturated rings. The van der Waals surface area contributed by atoms with Crippen LogP contribution in [0.15, 0.2) is 42.5 Å². The van der Waals surface area contributed by atoms with E-state index in [0.717, 1.165) is 0 Å². The second-order valence-corrected chi connectivity index (χ2v) is 7.08. The molecule has 22 heavy (non-hydrogen) atoms. The summed E-state index contributed by atoms with van der Waals surface area (Å²) in [7, 11) is -3.59. The minimum Gasteiger partial charge on any atom is -0.492 e. The first-order chi connectivity index (χ1) is 10.4. The number of nitrogens with one attached hydrogen (secondary N) is 1. The lowest BCUT2D eigenvalue weighted by atomic mass is 10.2. The van der Waals surface area contributed by atoms with Crippen molar-refractivity contribution in [3.8, 4) is 5.75 Å². The number of benzene rings is 2. The number of hydrogen-bond donors (Lipinski definition) is 1. The molecule has 1 N–H and O–H groups in total. The van der Waals surface area contributed by atoms with E-state index >= 15 is 0 Å². The van der Waals surface area contributed by atoms with Crippen LogP contribution >= 0.6 is 23.2 Å². The first-order valence-corrected chi connectivity index (χ1v) is 8.98. The second-order valence-electron chi connectivity index (χ2n) is 4.54. The summed E-state index contributed by atoms with van der Waals surface area (Å²) in [5.74, 6) is 0.285. The van der Waals surface area contributed by atoms with Gasteiger partial charge in [-0.15, -0.1) is 0 Å². The number of sulfonamides is 1. The highest BCUT2D eigenvalue weighted by atomic mass is 35.5. The van der Waals surface area contributed by atoms with Crippen molar-refractivity contribution in [3.05, 3.63) is 58.1 Å². The Morgan fingerprint density at radius 2 is 1.82 bits per heavy atom. The molecule has 0 spiro atoms. The lowest BCUT2D eigenvalue weighted by Crippen LogP contribution is -2.15. The molecule has 0 unspecified atom stereocenters. The molecule has 2 aromatic carbocycles. The standard InChI is InChI=1S/C15H15Cl2NO3S/c1-2-21-15-6-4-3-5-14(15)18-22(19,20)10-11-7-8-12(16)13(17)9-11/h3-9,18H,2,10H2,1H3. The predicted molar refractivity (Wildman–Crippen MR) is 90.3 cm³/mol. The summed E-state index contributed by atoms with van der Waals surface area (Å²) in [6.45, 7) is 2.28. The van der Waals surface area contributed by atoms with Gasteiger partial charge < -0.3 is 4.74 Å². The molecule has 0 atom stereocenters. The van der Waals surface area contributed by atoms with Crippen LogP contribution in [0.5, 0.6) is 5.75 Å². The lowest BCUT2D eigenvalue weighted by Gasteiger charge is -2.13. The molecule has 4 nitrogen and oxygen atoms in total. The fourth-order valence-corrected chi connectivity index (χ4v) is 3.40. The Morgan fingerprint density at radius 3 is 2.50 bits per heavy atom. The van der Waals surface area contributed by atoms with E-state index in [-0.39, 0.29) is 5.75 Å². The van der Waals surface area contributed by atoms with Gasteiger partial charge in [-0.2, -0.15) is 0 Å². The Labute approximate surface area is 140 Å². The van der Waals surface area contributed by atoms with Gasteiger partial charge in [-0.25, -0.2) is 8.42 Å². The van der Waals surface area contributed by atoms with E-state index < -0.39 is 10.0 Å². The van der Waals surface area contributed by atoms with Crippen molar-refractivity contribution in [2.45, 2.75) is 12.7 Å². The topological polar surface area (TPSA) is 55.4 Å². The quantitative estimate of drug-likeness (QED) is 0.834. The molecule has 0 aliphatic carbocycles. The number of halogens is 2. The first kappa shape index (κ1) is 16.9. The maximum atomic E-state index is 12.3. The minimum absolute atomic E-state index is 0.204. The van der Waals surface area contributed by atoms with Gasteiger partial charge in [-0.3, -0.25) is 4.72 Å². The summed E-state index contributed by atoms with van der Waals surface area (Å²) in [4.78, 5) is 0. The van der Waals surface area contributed by atoms with Crippen LogP contribution in [0.1, 0.15) is 12.5 Å². The van der Waals surface area contributed by atoms with Crippen LogP contribution in [-0.2, 0) is 15.8 Å². The highest BCUT2D eigenvalue weighted by molar-refractivity contribution is 7.91. The van der Waals surface area contributed by atoms with E-state index in [1.54, 1.807) is 36.4 Å². The average molecular weight is 360 g/mol. The molecule has 2 rings (SSSR count). The number of para-hydroxylation sites is 2. The molecular weight excluding hydrogens is 345 g/mol. The van der Waals surface area contributed by atoms with Gasteiger partial charge in [-0.05, 0) is 36.8 Å². The smallest absolute Gasteiger partial charge is 0.237 e. The van der Waals surface area contributed by atoms with E-state index in [9.17, 15) is 8.42 Å². The zero-order chi connectivity index (χ0) is 16.2. The fourth-order valence-electron chi connectivity index (χ4n) is 1.88. The van der Waals surface area contributed by atoms with Gasteiger partial charge in [0.2, 0.25) is 10.0 Å². The van der Waals surface area contributed by atoms with Crippen LogP contribution in [0.4, 0.5) is 5.69 Å². The third kappa shape index (κ3) is 4.53. The third-order valence-corrected chi connectivity index (χ3v) is 4.78. The van der Waals surface area contributed by atoms with Gasteiger partial charge in [0.15, 0.2) is 0 Å². The molecule has 0 saturated heterocycles. The molecule has 118 valence electrons. The molecule has 0 aliphatic rings. The average Bonchev–Trinajstić information content (AvgIpc) is 2.45. The van der Waals surface area contributed by atoms with Crippen molar-refractivity contribution in [1.29, 1.82) is 0 Å². The van der Waals surface area contributed by atoms with Crippen LogP contribution in [-0.4, -0.2) is 15.0 Å². The molecule has 0 radical (unpaired) electrons. The monoisotopic (exact) mass is 359 g/mol. The Balaban J connectivity index is 2.19. The fraction of sp³-hybridized carbons (Fsp3) is 0.200. The summed E-state index contributed by atoms with van der Waals surface area (Å²) >= 11 is 11.7. The van der Waals surface area contributed by atoms with Crippen molar-refractivity contribution in [1.82, 2.24) is 0 Å². The molecule has 7 heteroatoms. The highest BCUT2D eigenvalue weighted by Gasteiger charge is 2.15. The van der Waals surface area contributed by atoms with Crippen molar-refractivity contribution < 1.29 is 13.2 Å². The van der Waals surface area contributed by atoms with Gasteiger partial charge in [-0.1, -0.05) is 41.4 Å². The molecule has 0 bridgehead atoms. The maximum Gasteiger partial charge on any atom is 0.237 e. The summed E-state index contributed by atoms with van der Waals surface area (Å²) in [5, 5.41) is 0.710. The molecule has 0 saturated carbocycles. The van der Waals surface area contributed by atoms with E-state index in [1.807, 2.05) is 6.92 Å². The third-order valence-electron chi connectivity index (χ3n) is 2.79. The van der Waals surface area contributed by atoms with Gasteiger partial charge >= 0.3 is 0 Å². The van der Waals surface area contributed by atoms with E-state index in [4.69, 9.17) is 27.9 Å². The van der Waals surface area contributed by atoms with Crippen molar-refractivity contribution in [2.24, 2.45) is 0 Å². The zero-order valence-corrected chi connectivity index (χ0v) is 14.2. The van der Waals surface area contributed by atoms with E-state index in [2.05, 4.69) is 4.72 Å². The number of rotatable bonds is 6. The molecule has 0 aliphatic heterocycles. The Morgan fingerprint density at radius 1 is 1.09 bits per heavy atom. The molecule has 0 aromatic heterocycles. The number of anilines is 1. The summed E-state index contributed by atoms with van der Waals surface area (Å²) in [5.41, 5.74) is 0.959. The normalized spacial score (nSPS) is 11.2. The Kier molecular flexibility index (Phi) is 5.56. The van der Waals surface area contributed by atoms with Crippen LogP contribution in [0.2, 0.25) is 10.0 Å². The van der Waals surface area contributed by atoms with Gasteiger partial charge in [0, 0.05) is 0 Å². The molecule has 2 aromatic rings. The molecular formula is C15H15Cl2NO3S. The molecule has 0 heterocycles. The second kappa shape index (κ2) is 7.22. The van der Waals surface area contributed by atoms with E-state index in [0.29, 0.717) is 33.7 Å². The SMILES string of the molecule is CCOc1ccccc1NS(=O)(=O)Cc1ccc(Cl)c(Cl)c1. The summed E-state index contributed by atoms with van der Waals surface area (Å²) in [6, 6.07) is 11.6. The van der Waals surface area contributed by atoms with Crippen molar-refractivity contribution in [2.75, 3.05) is 11.3 Å². The van der Waals surface area contributed by atoms with Crippen LogP contribution in [0, 0.1) is 0 Å². The predicted octanol–water partition coefficient (Wildman–Crippen LogP) is 4.33. The van der Waals surface area contributed by atoms with Gasteiger partial charge in [0.05, 0.1) is 28.1 Å². The van der Waals surface area contributed by atoms with E-state index in [1.165, 1.54) is 6.07 Å². The molecule has 0 amide bonds.